The Balaban J connectivity index is 1.47. The summed E-state index contributed by atoms with van der Waals surface area (Å²) in [7, 11) is 0. The molecule has 3 aromatic rings. The second-order valence-electron chi connectivity index (χ2n) is 6.45. The van der Waals surface area contributed by atoms with E-state index in [9.17, 15) is 0 Å². The monoisotopic (exact) mass is 338 g/mol. The van der Waals surface area contributed by atoms with Crippen molar-refractivity contribution in [3.8, 4) is 5.75 Å². The van der Waals surface area contributed by atoms with Crippen molar-refractivity contribution < 1.29 is 9.26 Å². The molecule has 25 heavy (non-hydrogen) atoms. The van der Waals surface area contributed by atoms with Gasteiger partial charge >= 0.3 is 0 Å². The van der Waals surface area contributed by atoms with Crippen LogP contribution in [0.15, 0.2) is 41.2 Å². The third-order valence-corrected chi connectivity index (χ3v) is 4.66. The molecule has 0 bridgehead atoms. The zero-order valence-corrected chi connectivity index (χ0v) is 14.4. The Morgan fingerprint density at radius 2 is 2.24 bits per heavy atom. The van der Waals surface area contributed by atoms with Gasteiger partial charge in [0.25, 0.3) is 0 Å². The number of fused-ring (bicyclic) bond motifs is 1. The molecule has 1 saturated heterocycles. The number of hydrogen-bond donors (Lipinski definition) is 0. The fourth-order valence-electron chi connectivity index (χ4n) is 3.49. The molecule has 4 rings (SSSR count). The van der Waals surface area contributed by atoms with Gasteiger partial charge in [-0.3, -0.25) is 9.88 Å². The fraction of sp³-hybridized carbons (Fsp3) is 0.421. The molecular weight excluding hydrogens is 316 g/mol. The van der Waals surface area contributed by atoms with Crippen LogP contribution in [0.2, 0.25) is 0 Å². The maximum absolute atomic E-state index is 5.56. The van der Waals surface area contributed by atoms with Gasteiger partial charge in [-0.15, -0.1) is 0 Å². The van der Waals surface area contributed by atoms with Gasteiger partial charge in [-0.05, 0) is 50.6 Å². The lowest BCUT2D eigenvalue weighted by molar-refractivity contribution is 0.193. The molecule has 0 unspecified atom stereocenters. The van der Waals surface area contributed by atoms with Crippen molar-refractivity contribution in [3.63, 3.8) is 0 Å². The van der Waals surface area contributed by atoms with E-state index in [0.717, 1.165) is 60.6 Å². The average molecular weight is 338 g/mol. The maximum Gasteiger partial charge on any atom is 0.213 e. The first-order valence-electron chi connectivity index (χ1n) is 8.83. The summed E-state index contributed by atoms with van der Waals surface area (Å²) in [5, 5.41) is 5.11. The lowest BCUT2D eigenvalue weighted by Gasteiger charge is -2.30. The number of pyridine rings is 1. The minimum Gasteiger partial charge on any atom is -0.494 e. The predicted octanol–water partition coefficient (Wildman–Crippen LogP) is 3.40. The molecule has 2 aromatic heterocycles. The SMILES string of the molecule is CCOc1ccc2nc(CN3CCC[C@@H](c4ncon4)C3)ccc2c1. The predicted molar refractivity (Wildman–Crippen MR) is 94.5 cm³/mol. The number of rotatable bonds is 5. The van der Waals surface area contributed by atoms with Gasteiger partial charge in [0.05, 0.1) is 17.8 Å². The molecule has 0 saturated carbocycles. The molecule has 130 valence electrons. The van der Waals surface area contributed by atoms with E-state index in [-0.39, 0.29) is 0 Å². The summed E-state index contributed by atoms with van der Waals surface area (Å²) in [6.45, 7) is 5.54. The second-order valence-corrected chi connectivity index (χ2v) is 6.45. The van der Waals surface area contributed by atoms with Crippen LogP contribution in [0.25, 0.3) is 10.9 Å². The molecule has 1 aliphatic heterocycles. The summed E-state index contributed by atoms with van der Waals surface area (Å²) in [4.78, 5) is 11.4. The van der Waals surface area contributed by atoms with Gasteiger partial charge in [-0.1, -0.05) is 11.2 Å². The number of likely N-dealkylation sites (tertiary alicyclic amines) is 1. The van der Waals surface area contributed by atoms with Crippen LogP contribution in [-0.4, -0.2) is 39.7 Å². The Morgan fingerprint density at radius 1 is 1.28 bits per heavy atom. The van der Waals surface area contributed by atoms with Gasteiger partial charge in [-0.2, -0.15) is 4.98 Å². The molecule has 1 aromatic carbocycles. The largest absolute Gasteiger partial charge is 0.494 e. The summed E-state index contributed by atoms with van der Waals surface area (Å²) in [6.07, 6.45) is 3.67. The Labute approximate surface area is 146 Å². The van der Waals surface area contributed by atoms with Crippen molar-refractivity contribution in [2.45, 2.75) is 32.2 Å². The normalized spacial score (nSPS) is 18.5. The Kier molecular flexibility index (Phi) is 4.61. The lowest BCUT2D eigenvalue weighted by atomic mass is 9.97. The van der Waals surface area contributed by atoms with Crippen LogP contribution in [0.4, 0.5) is 0 Å². The van der Waals surface area contributed by atoms with E-state index in [1.807, 2.05) is 25.1 Å². The van der Waals surface area contributed by atoms with Crippen molar-refractivity contribution in [3.05, 3.63) is 48.2 Å². The van der Waals surface area contributed by atoms with Crippen LogP contribution in [0, 0.1) is 0 Å². The molecule has 0 aliphatic carbocycles. The van der Waals surface area contributed by atoms with Crippen LogP contribution < -0.4 is 4.74 Å². The Morgan fingerprint density at radius 3 is 3.08 bits per heavy atom. The first kappa shape index (κ1) is 16.0. The Hall–Kier alpha value is -2.47. The summed E-state index contributed by atoms with van der Waals surface area (Å²) < 4.78 is 10.5. The number of aromatic nitrogens is 3. The standard InChI is InChI=1S/C19H22N4O2/c1-2-24-17-7-8-18-14(10-17)5-6-16(21-18)12-23-9-3-4-15(11-23)19-20-13-25-22-19/h5-8,10,13,15H,2-4,9,11-12H2,1H3/t15-/m1/s1. The van der Waals surface area contributed by atoms with E-state index < -0.39 is 0 Å². The first-order valence-corrected chi connectivity index (χ1v) is 8.83. The van der Waals surface area contributed by atoms with E-state index in [2.05, 4.69) is 27.2 Å². The third kappa shape index (κ3) is 3.64. The van der Waals surface area contributed by atoms with Crippen molar-refractivity contribution in [2.24, 2.45) is 0 Å². The molecular formula is C19H22N4O2. The van der Waals surface area contributed by atoms with Gasteiger partial charge < -0.3 is 9.26 Å². The molecule has 3 heterocycles. The first-order chi connectivity index (χ1) is 12.3. The fourth-order valence-corrected chi connectivity index (χ4v) is 3.49. The highest BCUT2D eigenvalue weighted by Gasteiger charge is 2.24. The van der Waals surface area contributed by atoms with Gasteiger partial charge in [0, 0.05) is 24.4 Å². The highest BCUT2D eigenvalue weighted by atomic mass is 16.5. The number of nitrogens with zero attached hydrogens (tertiary/aromatic N) is 4. The van der Waals surface area contributed by atoms with E-state index in [1.165, 1.54) is 6.39 Å². The number of benzene rings is 1. The van der Waals surface area contributed by atoms with Crippen molar-refractivity contribution >= 4 is 10.9 Å². The lowest BCUT2D eigenvalue weighted by Crippen LogP contribution is -2.34. The van der Waals surface area contributed by atoms with Gasteiger partial charge in [0.2, 0.25) is 6.39 Å². The summed E-state index contributed by atoms with van der Waals surface area (Å²) in [6, 6.07) is 10.3. The van der Waals surface area contributed by atoms with E-state index >= 15 is 0 Å². The minimum absolute atomic E-state index is 0.349. The van der Waals surface area contributed by atoms with Crippen LogP contribution in [-0.2, 0) is 6.54 Å². The zero-order valence-electron chi connectivity index (χ0n) is 14.4. The van der Waals surface area contributed by atoms with Crippen LogP contribution >= 0.6 is 0 Å². The third-order valence-electron chi connectivity index (χ3n) is 4.66. The van der Waals surface area contributed by atoms with Crippen LogP contribution in [0.1, 0.15) is 37.2 Å². The molecule has 1 fully saturated rings. The van der Waals surface area contributed by atoms with Crippen LogP contribution in [0.3, 0.4) is 0 Å². The second kappa shape index (κ2) is 7.19. The highest BCUT2D eigenvalue weighted by Crippen LogP contribution is 2.26. The maximum atomic E-state index is 5.56. The minimum atomic E-state index is 0.349. The van der Waals surface area contributed by atoms with Gasteiger partial charge in [0.15, 0.2) is 5.82 Å². The molecule has 1 atom stereocenters. The van der Waals surface area contributed by atoms with E-state index in [0.29, 0.717) is 12.5 Å². The van der Waals surface area contributed by atoms with E-state index in [4.69, 9.17) is 14.2 Å². The van der Waals surface area contributed by atoms with Gasteiger partial charge in [-0.25, -0.2) is 0 Å². The summed E-state index contributed by atoms with van der Waals surface area (Å²) in [5.41, 5.74) is 2.10. The highest BCUT2D eigenvalue weighted by molar-refractivity contribution is 5.80. The molecule has 0 amide bonds. The summed E-state index contributed by atoms with van der Waals surface area (Å²) in [5.74, 6) is 2.06. The topological polar surface area (TPSA) is 64.3 Å². The van der Waals surface area contributed by atoms with Crippen molar-refractivity contribution in [2.75, 3.05) is 19.7 Å². The molecule has 0 radical (unpaired) electrons. The van der Waals surface area contributed by atoms with Crippen molar-refractivity contribution in [1.29, 1.82) is 0 Å². The van der Waals surface area contributed by atoms with Gasteiger partial charge in [0.1, 0.15) is 5.75 Å². The smallest absolute Gasteiger partial charge is 0.213 e. The molecule has 1 aliphatic rings. The average Bonchev–Trinajstić information content (AvgIpc) is 3.17. The molecule has 6 heteroatoms. The quantitative estimate of drug-likeness (QED) is 0.710. The van der Waals surface area contributed by atoms with E-state index in [1.54, 1.807) is 0 Å². The van der Waals surface area contributed by atoms with Crippen LogP contribution in [0.5, 0.6) is 5.75 Å². The molecule has 0 spiro atoms. The summed E-state index contributed by atoms with van der Waals surface area (Å²) >= 11 is 0. The molecule has 6 nitrogen and oxygen atoms in total. The molecule has 0 N–H and O–H groups in total. The van der Waals surface area contributed by atoms with Crippen molar-refractivity contribution in [1.82, 2.24) is 20.0 Å². The number of ether oxygens (including phenoxy) is 1. The Bertz CT molecular complexity index is 835. The number of hydrogen-bond acceptors (Lipinski definition) is 6. The number of piperidine rings is 1. The zero-order chi connectivity index (χ0) is 17.1.